The van der Waals surface area contributed by atoms with E-state index >= 15 is 0 Å². The van der Waals surface area contributed by atoms with E-state index in [1.165, 1.54) is 0 Å². The molecule has 1 aromatic rings. The summed E-state index contributed by atoms with van der Waals surface area (Å²) in [5, 5.41) is 0. The van der Waals surface area contributed by atoms with Crippen LogP contribution in [0.5, 0.6) is 0 Å². The van der Waals surface area contributed by atoms with Crippen molar-refractivity contribution in [2.45, 2.75) is 0 Å². The lowest BCUT2D eigenvalue weighted by Crippen LogP contribution is -1.85. The third-order valence-electron chi connectivity index (χ3n) is 0.769. The molecule has 1 heterocycles. The largest absolute Gasteiger partial charge is 0.227 e. The first-order valence-electron chi connectivity index (χ1n) is 2.17. The Labute approximate surface area is 73.9 Å². The van der Waals surface area contributed by atoms with E-state index in [2.05, 4.69) is 20.9 Å². The molecule has 0 bridgehead atoms. The van der Waals surface area contributed by atoms with E-state index in [9.17, 15) is 4.39 Å². The Hall–Kier alpha value is 0.290. The zero-order valence-electron chi connectivity index (χ0n) is 4.24. The molecule has 4 heteroatoms. The first-order valence-corrected chi connectivity index (χ1v) is 4.05. The van der Waals surface area contributed by atoms with Crippen LogP contribution in [0.25, 0.3) is 0 Å². The van der Waals surface area contributed by atoms with E-state index in [1.54, 1.807) is 12.1 Å². The summed E-state index contributed by atoms with van der Waals surface area (Å²) in [5.41, 5.74) is 0. The van der Waals surface area contributed by atoms with Crippen molar-refractivity contribution in [1.29, 1.82) is 0 Å². The van der Waals surface area contributed by atoms with Crippen molar-refractivity contribution in [2.75, 3.05) is 0 Å². The molecule has 0 aliphatic heterocycles. The van der Waals surface area contributed by atoms with Crippen molar-refractivity contribution in [1.82, 2.24) is 4.98 Å². The molecule has 0 saturated carbocycles. The second-order valence-electron chi connectivity index (χ2n) is 1.41. The molecule has 0 saturated heterocycles. The first kappa shape index (κ1) is 7.40. The number of hydrogen-bond donors (Lipinski definition) is 0. The van der Waals surface area contributed by atoms with Gasteiger partial charge in [-0.3, -0.25) is 0 Å². The molecule has 1 nitrogen and oxygen atoms in total. The zero-order valence-corrected chi connectivity index (χ0v) is 7.98. The number of pyridine rings is 1. The molecule has 0 spiro atoms. The second kappa shape index (κ2) is 2.92. The molecule has 0 aliphatic rings. The van der Waals surface area contributed by atoms with Crippen LogP contribution in [0.4, 0.5) is 4.39 Å². The summed E-state index contributed by atoms with van der Waals surface area (Å²) in [6.07, 6.45) is 0. The van der Waals surface area contributed by atoms with Crippen LogP contribution in [0.3, 0.4) is 0 Å². The summed E-state index contributed by atoms with van der Waals surface area (Å²) < 4.78 is 13.5. The minimum Gasteiger partial charge on any atom is -0.212 e. The third-order valence-corrected chi connectivity index (χ3v) is 2.02. The molecule has 0 aromatic carbocycles. The van der Waals surface area contributed by atoms with Crippen LogP contribution in [0.15, 0.2) is 16.7 Å². The van der Waals surface area contributed by atoms with Crippen molar-refractivity contribution in [3.8, 4) is 0 Å². The van der Waals surface area contributed by atoms with E-state index in [0.717, 1.165) is 0 Å². The van der Waals surface area contributed by atoms with E-state index in [0.29, 0.717) is 8.17 Å². The maximum absolute atomic E-state index is 12.4. The number of rotatable bonds is 0. The van der Waals surface area contributed by atoms with Crippen molar-refractivity contribution >= 4 is 38.5 Å². The van der Waals surface area contributed by atoms with Crippen LogP contribution < -0.4 is 0 Å². The van der Waals surface area contributed by atoms with Gasteiger partial charge in [-0.1, -0.05) is 0 Å². The molecule has 0 unspecified atom stereocenters. The molecular formula is C5H2BrFIN. The Bertz CT molecular complexity index is 228. The molecule has 0 radical (unpaired) electrons. The zero-order chi connectivity index (χ0) is 6.85. The Morgan fingerprint density at radius 2 is 2.22 bits per heavy atom. The quantitative estimate of drug-likeness (QED) is 0.530. The van der Waals surface area contributed by atoms with Gasteiger partial charge >= 0.3 is 0 Å². The van der Waals surface area contributed by atoms with Crippen LogP contribution in [-0.2, 0) is 0 Å². The van der Waals surface area contributed by atoms with Gasteiger partial charge in [0.05, 0.1) is 3.57 Å². The lowest BCUT2D eigenvalue weighted by atomic mass is 10.5. The van der Waals surface area contributed by atoms with Gasteiger partial charge in [0, 0.05) is 0 Å². The van der Waals surface area contributed by atoms with Crippen molar-refractivity contribution in [3.63, 3.8) is 0 Å². The van der Waals surface area contributed by atoms with Gasteiger partial charge in [-0.05, 0) is 50.7 Å². The van der Waals surface area contributed by atoms with E-state index in [-0.39, 0.29) is 0 Å². The summed E-state index contributed by atoms with van der Waals surface area (Å²) in [6, 6.07) is 3.36. The predicted octanol–water partition coefficient (Wildman–Crippen LogP) is 2.59. The molecule has 0 amide bonds. The Morgan fingerprint density at radius 3 is 2.67 bits per heavy atom. The summed E-state index contributed by atoms with van der Waals surface area (Å²) in [5.74, 6) is -0.426. The van der Waals surface area contributed by atoms with Crippen molar-refractivity contribution in [3.05, 3.63) is 26.3 Å². The minimum atomic E-state index is -0.426. The predicted molar refractivity (Wildman–Crippen MR) is 44.6 cm³/mol. The van der Waals surface area contributed by atoms with Gasteiger partial charge < -0.3 is 0 Å². The molecule has 48 valence electrons. The summed E-state index contributed by atoms with van der Waals surface area (Å²) in [4.78, 5) is 3.52. The van der Waals surface area contributed by atoms with Gasteiger partial charge in [0.1, 0.15) is 4.60 Å². The summed E-state index contributed by atoms with van der Waals surface area (Å²) in [7, 11) is 0. The Morgan fingerprint density at radius 1 is 1.56 bits per heavy atom. The molecular weight excluding hydrogens is 300 g/mol. The topological polar surface area (TPSA) is 12.9 Å². The van der Waals surface area contributed by atoms with Crippen LogP contribution in [0.2, 0.25) is 0 Å². The maximum Gasteiger partial charge on any atom is 0.227 e. The van der Waals surface area contributed by atoms with Gasteiger partial charge in [-0.25, -0.2) is 4.98 Å². The van der Waals surface area contributed by atoms with Gasteiger partial charge in [-0.2, -0.15) is 4.39 Å². The Kier molecular flexibility index (Phi) is 2.40. The van der Waals surface area contributed by atoms with Gasteiger partial charge in [0.15, 0.2) is 0 Å². The second-order valence-corrected chi connectivity index (χ2v) is 3.38. The van der Waals surface area contributed by atoms with Crippen LogP contribution in [0, 0.1) is 9.52 Å². The van der Waals surface area contributed by atoms with Crippen molar-refractivity contribution < 1.29 is 4.39 Å². The first-order chi connectivity index (χ1) is 4.20. The highest BCUT2D eigenvalue weighted by Gasteiger charge is 1.97. The lowest BCUT2D eigenvalue weighted by molar-refractivity contribution is 0.573. The summed E-state index contributed by atoms with van der Waals surface area (Å²) >= 11 is 4.92. The molecule has 1 rings (SSSR count). The molecule has 9 heavy (non-hydrogen) atoms. The average Bonchev–Trinajstić information content (AvgIpc) is 1.80. The van der Waals surface area contributed by atoms with Crippen LogP contribution in [-0.4, -0.2) is 4.98 Å². The number of halogens is 3. The molecule has 0 fully saturated rings. The minimum absolute atomic E-state index is 0.426. The monoisotopic (exact) mass is 301 g/mol. The SMILES string of the molecule is Fc1nc(Br)ccc1I. The van der Waals surface area contributed by atoms with Crippen LogP contribution >= 0.6 is 38.5 Å². The van der Waals surface area contributed by atoms with Crippen molar-refractivity contribution in [2.24, 2.45) is 0 Å². The number of nitrogens with zero attached hydrogens (tertiary/aromatic N) is 1. The normalized spacial score (nSPS) is 9.67. The van der Waals surface area contributed by atoms with E-state index in [1.807, 2.05) is 22.6 Å². The van der Waals surface area contributed by atoms with Gasteiger partial charge in [-0.15, -0.1) is 0 Å². The maximum atomic E-state index is 12.4. The fourth-order valence-corrected chi connectivity index (χ4v) is 0.983. The number of aromatic nitrogens is 1. The van der Waals surface area contributed by atoms with E-state index < -0.39 is 5.95 Å². The van der Waals surface area contributed by atoms with Gasteiger partial charge in [0.2, 0.25) is 5.95 Å². The average molecular weight is 302 g/mol. The molecule has 0 N–H and O–H groups in total. The fourth-order valence-electron chi connectivity index (χ4n) is 0.395. The lowest BCUT2D eigenvalue weighted by Gasteiger charge is -1.91. The van der Waals surface area contributed by atoms with E-state index in [4.69, 9.17) is 0 Å². The third kappa shape index (κ3) is 1.86. The highest BCUT2D eigenvalue weighted by molar-refractivity contribution is 14.1. The Balaban J connectivity index is 3.17. The standard InChI is InChI=1S/C5H2BrFIN/c6-4-2-1-3(8)5(7)9-4/h1-2H. The van der Waals surface area contributed by atoms with Gasteiger partial charge in [0.25, 0.3) is 0 Å². The number of hydrogen-bond acceptors (Lipinski definition) is 1. The molecule has 0 aliphatic carbocycles. The fraction of sp³-hybridized carbons (Fsp3) is 0. The smallest absolute Gasteiger partial charge is 0.212 e. The van der Waals surface area contributed by atoms with Crippen LogP contribution in [0.1, 0.15) is 0 Å². The molecule has 0 atom stereocenters. The highest BCUT2D eigenvalue weighted by atomic mass is 127. The molecule has 1 aromatic heterocycles. The highest BCUT2D eigenvalue weighted by Crippen LogP contribution is 2.11. The summed E-state index contributed by atoms with van der Waals surface area (Å²) in [6.45, 7) is 0.